The molecule has 0 saturated heterocycles. The molecule has 1 aromatic heterocycles. The van der Waals surface area contributed by atoms with E-state index in [1.807, 2.05) is 19.1 Å². The molecule has 20 heavy (non-hydrogen) atoms. The molecule has 1 aromatic carbocycles. The minimum atomic E-state index is -0.457. The fourth-order valence-electron chi connectivity index (χ4n) is 1.86. The van der Waals surface area contributed by atoms with Crippen molar-refractivity contribution in [1.29, 1.82) is 0 Å². The van der Waals surface area contributed by atoms with Crippen LogP contribution in [-0.4, -0.2) is 10.5 Å². The minimum absolute atomic E-state index is 0.0492. The number of aryl methyl sites for hydroxylation is 2. The Labute approximate surface area is 117 Å². The van der Waals surface area contributed by atoms with Crippen molar-refractivity contribution in [2.24, 2.45) is 12.8 Å². The Hall–Kier alpha value is -2.56. The van der Waals surface area contributed by atoms with Crippen molar-refractivity contribution in [3.8, 4) is 0 Å². The van der Waals surface area contributed by atoms with Crippen molar-refractivity contribution in [2.45, 2.75) is 13.5 Å². The number of amides is 1. The van der Waals surface area contributed by atoms with Crippen LogP contribution in [0, 0.1) is 6.92 Å². The number of pyridine rings is 1. The van der Waals surface area contributed by atoms with Crippen LogP contribution in [0.4, 0.5) is 5.69 Å². The second-order valence-corrected chi connectivity index (χ2v) is 4.73. The van der Waals surface area contributed by atoms with Crippen LogP contribution in [0.25, 0.3) is 0 Å². The van der Waals surface area contributed by atoms with Crippen molar-refractivity contribution >= 4 is 11.6 Å². The Balaban J connectivity index is 2.18. The van der Waals surface area contributed by atoms with E-state index in [0.29, 0.717) is 12.1 Å². The third kappa shape index (κ3) is 3.06. The summed E-state index contributed by atoms with van der Waals surface area (Å²) in [5.74, 6) is -0.457. The highest BCUT2D eigenvalue weighted by Crippen LogP contribution is 2.17. The maximum absolute atomic E-state index is 11.5. The molecule has 0 fully saturated rings. The number of anilines is 1. The van der Waals surface area contributed by atoms with E-state index in [-0.39, 0.29) is 5.56 Å². The summed E-state index contributed by atoms with van der Waals surface area (Å²) in [5, 5.41) is 3.22. The second-order valence-electron chi connectivity index (χ2n) is 4.73. The van der Waals surface area contributed by atoms with E-state index in [9.17, 15) is 9.59 Å². The lowest BCUT2D eigenvalue weighted by atomic mass is 10.1. The minimum Gasteiger partial charge on any atom is -0.381 e. The average Bonchev–Trinajstić information content (AvgIpc) is 2.41. The highest BCUT2D eigenvalue weighted by molar-refractivity contribution is 5.94. The number of rotatable bonds is 4. The summed E-state index contributed by atoms with van der Waals surface area (Å²) in [7, 11) is 1.71. The SMILES string of the molecule is Cc1ccc(C(N)=O)cc1NCc1ccn(C)c(=O)c1. The van der Waals surface area contributed by atoms with Crippen LogP contribution < -0.4 is 16.6 Å². The lowest BCUT2D eigenvalue weighted by Gasteiger charge is -2.11. The van der Waals surface area contributed by atoms with Crippen molar-refractivity contribution in [3.63, 3.8) is 0 Å². The Morgan fingerprint density at radius 1 is 1.30 bits per heavy atom. The number of primary amides is 1. The van der Waals surface area contributed by atoms with Crippen LogP contribution in [0.3, 0.4) is 0 Å². The number of hydrogen-bond acceptors (Lipinski definition) is 3. The van der Waals surface area contributed by atoms with Gasteiger partial charge in [-0.3, -0.25) is 9.59 Å². The first kappa shape index (κ1) is 13.9. The molecule has 5 heteroatoms. The molecule has 0 aliphatic rings. The molecule has 2 aromatic rings. The maximum atomic E-state index is 11.5. The molecule has 0 unspecified atom stereocenters. The predicted molar refractivity (Wildman–Crippen MR) is 78.7 cm³/mol. The van der Waals surface area contributed by atoms with Gasteiger partial charge < -0.3 is 15.6 Å². The van der Waals surface area contributed by atoms with Gasteiger partial charge in [-0.15, -0.1) is 0 Å². The van der Waals surface area contributed by atoms with E-state index in [2.05, 4.69) is 5.32 Å². The molecule has 1 heterocycles. The fraction of sp³-hybridized carbons (Fsp3) is 0.200. The van der Waals surface area contributed by atoms with E-state index < -0.39 is 5.91 Å². The van der Waals surface area contributed by atoms with Crippen molar-refractivity contribution in [2.75, 3.05) is 5.32 Å². The number of aromatic nitrogens is 1. The van der Waals surface area contributed by atoms with Gasteiger partial charge in [0.25, 0.3) is 5.56 Å². The Morgan fingerprint density at radius 2 is 2.05 bits per heavy atom. The van der Waals surface area contributed by atoms with Crippen LogP contribution >= 0.6 is 0 Å². The van der Waals surface area contributed by atoms with Gasteiger partial charge in [-0.25, -0.2) is 0 Å². The fourth-order valence-corrected chi connectivity index (χ4v) is 1.86. The highest BCUT2D eigenvalue weighted by atomic mass is 16.1. The summed E-state index contributed by atoms with van der Waals surface area (Å²) in [6.45, 7) is 2.45. The largest absolute Gasteiger partial charge is 0.381 e. The summed E-state index contributed by atoms with van der Waals surface area (Å²) in [6, 6.07) is 8.72. The van der Waals surface area contributed by atoms with Crippen LogP contribution in [0.2, 0.25) is 0 Å². The normalized spacial score (nSPS) is 10.3. The molecule has 0 aliphatic carbocycles. The number of carbonyl (C=O) groups is 1. The van der Waals surface area contributed by atoms with Gasteiger partial charge in [0.1, 0.15) is 0 Å². The number of nitrogens with two attached hydrogens (primary N) is 1. The van der Waals surface area contributed by atoms with Gasteiger partial charge in [0.15, 0.2) is 0 Å². The molecule has 3 N–H and O–H groups in total. The number of hydrogen-bond donors (Lipinski definition) is 2. The van der Waals surface area contributed by atoms with Gasteiger partial charge in [0.05, 0.1) is 0 Å². The first-order valence-electron chi connectivity index (χ1n) is 6.27. The number of nitrogens with zero attached hydrogens (tertiary/aromatic N) is 1. The van der Waals surface area contributed by atoms with E-state index in [4.69, 9.17) is 5.73 Å². The topological polar surface area (TPSA) is 77.1 Å². The molecule has 0 bridgehead atoms. The molecule has 0 aliphatic heterocycles. The molecule has 1 amide bonds. The number of nitrogens with one attached hydrogen (secondary N) is 1. The zero-order valence-electron chi connectivity index (χ0n) is 11.5. The molecule has 0 atom stereocenters. The van der Waals surface area contributed by atoms with Gasteiger partial charge in [0, 0.05) is 37.1 Å². The van der Waals surface area contributed by atoms with Crippen molar-refractivity contribution < 1.29 is 4.79 Å². The standard InChI is InChI=1S/C15H17N3O2/c1-10-3-4-12(15(16)20)8-13(10)17-9-11-5-6-18(2)14(19)7-11/h3-8,17H,9H2,1-2H3,(H2,16,20). The van der Waals surface area contributed by atoms with Crippen molar-refractivity contribution in [1.82, 2.24) is 4.57 Å². The van der Waals surface area contributed by atoms with E-state index in [1.165, 1.54) is 4.57 Å². The third-order valence-corrected chi connectivity index (χ3v) is 3.17. The van der Waals surface area contributed by atoms with Gasteiger partial charge >= 0.3 is 0 Å². The third-order valence-electron chi connectivity index (χ3n) is 3.17. The van der Waals surface area contributed by atoms with Gasteiger partial charge in [-0.1, -0.05) is 6.07 Å². The average molecular weight is 271 g/mol. The number of carbonyl (C=O) groups excluding carboxylic acids is 1. The highest BCUT2D eigenvalue weighted by Gasteiger charge is 2.05. The zero-order chi connectivity index (χ0) is 14.7. The summed E-state index contributed by atoms with van der Waals surface area (Å²) in [5.41, 5.74) is 8.41. The van der Waals surface area contributed by atoms with E-state index in [0.717, 1.165) is 16.8 Å². The molecule has 0 radical (unpaired) electrons. The van der Waals surface area contributed by atoms with Gasteiger partial charge in [0.2, 0.25) is 5.91 Å². The first-order chi connectivity index (χ1) is 9.47. The Kier molecular flexibility index (Phi) is 3.89. The molecule has 0 saturated carbocycles. The van der Waals surface area contributed by atoms with E-state index >= 15 is 0 Å². The molecule has 2 rings (SSSR count). The lowest BCUT2D eigenvalue weighted by molar-refractivity contribution is 0.100. The van der Waals surface area contributed by atoms with Crippen molar-refractivity contribution in [3.05, 3.63) is 63.6 Å². The molecular weight excluding hydrogens is 254 g/mol. The molecule has 104 valence electrons. The monoisotopic (exact) mass is 271 g/mol. The zero-order valence-corrected chi connectivity index (χ0v) is 11.5. The molecular formula is C15H17N3O2. The maximum Gasteiger partial charge on any atom is 0.250 e. The lowest BCUT2D eigenvalue weighted by Crippen LogP contribution is -2.16. The van der Waals surface area contributed by atoms with Crippen LogP contribution in [0.5, 0.6) is 0 Å². The first-order valence-corrected chi connectivity index (χ1v) is 6.27. The predicted octanol–water partition coefficient (Wildman–Crippen LogP) is 1.40. The van der Waals surface area contributed by atoms with Crippen LogP contribution in [-0.2, 0) is 13.6 Å². The summed E-state index contributed by atoms with van der Waals surface area (Å²) in [4.78, 5) is 22.7. The summed E-state index contributed by atoms with van der Waals surface area (Å²) < 4.78 is 1.52. The van der Waals surface area contributed by atoms with Gasteiger partial charge in [-0.05, 0) is 36.2 Å². The van der Waals surface area contributed by atoms with Crippen LogP contribution in [0.1, 0.15) is 21.5 Å². The van der Waals surface area contributed by atoms with Gasteiger partial charge in [-0.2, -0.15) is 0 Å². The summed E-state index contributed by atoms with van der Waals surface area (Å²) >= 11 is 0. The molecule has 0 spiro atoms. The Bertz CT molecular complexity index is 705. The second kappa shape index (κ2) is 5.61. The van der Waals surface area contributed by atoms with E-state index in [1.54, 1.807) is 31.4 Å². The molecule has 5 nitrogen and oxygen atoms in total. The Morgan fingerprint density at radius 3 is 2.70 bits per heavy atom. The van der Waals surface area contributed by atoms with Crippen LogP contribution in [0.15, 0.2) is 41.3 Å². The smallest absolute Gasteiger partial charge is 0.250 e. The quantitative estimate of drug-likeness (QED) is 0.882. The number of benzene rings is 1. The summed E-state index contributed by atoms with van der Waals surface area (Å²) in [6.07, 6.45) is 1.73.